The summed E-state index contributed by atoms with van der Waals surface area (Å²) < 4.78 is 4.50. The van der Waals surface area contributed by atoms with Gasteiger partial charge in [0.05, 0.1) is 7.11 Å². The van der Waals surface area contributed by atoms with E-state index in [1.807, 2.05) is 6.07 Å². The molecule has 0 amide bonds. The highest BCUT2D eigenvalue weighted by molar-refractivity contribution is 6.30. The average Bonchev–Trinajstić information content (AvgIpc) is 2.25. The number of benzene rings is 1. The van der Waals surface area contributed by atoms with Crippen molar-refractivity contribution in [3.63, 3.8) is 0 Å². The fourth-order valence-electron chi connectivity index (χ4n) is 1.26. The van der Waals surface area contributed by atoms with Gasteiger partial charge in [-0.1, -0.05) is 23.7 Å². The van der Waals surface area contributed by atoms with Crippen LogP contribution in [0.2, 0.25) is 5.02 Å². The Morgan fingerprint density at radius 2 is 2.33 bits per heavy atom. The summed E-state index contributed by atoms with van der Waals surface area (Å²) in [5, 5.41) is 0.585. The highest BCUT2D eigenvalue weighted by Gasteiger charge is 2.18. The smallest absolute Gasteiger partial charge is 0.316 e. The molecule has 0 N–H and O–H groups in total. The molecule has 0 aliphatic rings. The highest BCUT2D eigenvalue weighted by atomic mass is 35.5. The van der Waals surface area contributed by atoms with Crippen molar-refractivity contribution in [1.29, 1.82) is 0 Å². The lowest BCUT2D eigenvalue weighted by Gasteiger charge is -2.07. The molecule has 0 aromatic heterocycles. The maximum atomic E-state index is 11.1. The predicted octanol–water partition coefficient (Wildman–Crippen LogP) is 1.87. The van der Waals surface area contributed by atoms with Crippen molar-refractivity contribution in [3.8, 4) is 0 Å². The second kappa shape index (κ2) is 5.51. The Balaban J connectivity index is 2.75. The molecule has 3 nitrogen and oxygen atoms in total. The topological polar surface area (TPSA) is 43.4 Å². The number of hydrogen-bond acceptors (Lipinski definition) is 3. The van der Waals surface area contributed by atoms with Gasteiger partial charge in [-0.25, -0.2) is 0 Å². The van der Waals surface area contributed by atoms with Gasteiger partial charge in [-0.2, -0.15) is 0 Å². The standard InChI is InChI=1S/C11H11ClO3/c1-15-11(14)9(7-13)5-8-3-2-4-10(12)6-8/h2-4,6-7,9H,5H2,1H3/t9-/m0/s1. The molecule has 0 aliphatic carbocycles. The first kappa shape index (κ1) is 11.7. The third-order valence-electron chi connectivity index (χ3n) is 2.01. The average molecular weight is 227 g/mol. The summed E-state index contributed by atoms with van der Waals surface area (Å²) in [6.07, 6.45) is 0.906. The van der Waals surface area contributed by atoms with Crippen LogP contribution in [0.15, 0.2) is 24.3 Å². The number of ether oxygens (including phenoxy) is 1. The molecule has 0 heterocycles. The van der Waals surface area contributed by atoms with Gasteiger partial charge in [0.2, 0.25) is 0 Å². The van der Waals surface area contributed by atoms with E-state index in [1.165, 1.54) is 7.11 Å². The molecule has 0 radical (unpaired) electrons. The van der Waals surface area contributed by atoms with Crippen molar-refractivity contribution >= 4 is 23.9 Å². The zero-order valence-corrected chi connectivity index (χ0v) is 9.03. The van der Waals surface area contributed by atoms with E-state index in [-0.39, 0.29) is 0 Å². The third-order valence-corrected chi connectivity index (χ3v) is 2.25. The van der Waals surface area contributed by atoms with Crippen LogP contribution in [0.1, 0.15) is 5.56 Å². The molecule has 0 fully saturated rings. The van der Waals surface area contributed by atoms with Crippen LogP contribution in [-0.2, 0) is 20.7 Å². The maximum absolute atomic E-state index is 11.1. The van der Waals surface area contributed by atoms with Gasteiger partial charge in [0.1, 0.15) is 12.2 Å². The molecule has 1 aromatic carbocycles. The van der Waals surface area contributed by atoms with Gasteiger partial charge in [-0.15, -0.1) is 0 Å². The fraction of sp³-hybridized carbons (Fsp3) is 0.273. The van der Waals surface area contributed by atoms with E-state index in [0.717, 1.165) is 5.56 Å². The lowest BCUT2D eigenvalue weighted by molar-refractivity contribution is -0.146. The van der Waals surface area contributed by atoms with E-state index in [0.29, 0.717) is 17.7 Å². The summed E-state index contributed by atoms with van der Waals surface area (Å²) in [5.74, 6) is -1.28. The number of methoxy groups -OCH3 is 1. The van der Waals surface area contributed by atoms with Crippen molar-refractivity contribution in [1.82, 2.24) is 0 Å². The van der Waals surface area contributed by atoms with E-state index >= 15 is 0 Å². The van der Waals surface area contributed by atoms with Crippen molar-refractivity contribution < 1.29 is 14.3 Å². The van der Waals surface area contributed by atoms with Crippen LogP contribution in [0.25, 0.3) is 0 Å². The predicted molar refractivity (Wildman–Crippen MR) is 56.7 cm³/mol. The van der Waals surface area contributed by atoms with Crippen LogP contribution in [0, 0.1) is 5.92 Å². The van der Waals surface area contributed by atoms with E-state index in [2.05, 4.69) is 4.74 Å². The molecule has 15 heavy (non-hydrogen) atoms. The van der Waals surface area contributed by atoms with E-state index in [4.69, 9.17) is 11.6 Å². The second-order valence-corrected chi connectivity index (χ2v) is 3.54. The minimum atomic E-state index is -0.756. The first-order valence-corrected chi connectivity index (χ1v) is 4.82. The molecule has 0 unspecified atom stereocenters. The molecule has 0 aliphatic heterocycles. The lowest BCUT2D eigenvalue weighted by Crippen LogP contribution is -2.19. The Morgan fingerprint density at radius 1 is 1.60 bits per heavy atom. The zero-order valence-electron chi connectivity index (χ0n) is 8.27. The summed E-state index contributed by atoms with van der Waals surface area (Å²) in [6, 6.07) is 7.04. The molecular formula is C11H11ClO3. The summed E-state index contributed by atoms with van der Waals surface area (Å²) >= 11 is 5.78. The molecule has 80 valence electrons. The van der Waals surface area contributed by atoms with Crippen molar-refractivity contribution in [2.45, 2.75) is 6.42 Å². The summed E-state index contributed by atoms with van der Waals surface area (Å²) in [6.45, 7) is 0. The minimum Gasteiger partial charge on any atom is -0.468 e. The van der Waals surface area contributed by atoms with Crippen LogP contribution in [-0.4, -0.2) is 19.4 Å². The number of carbonyl (C=O) groups excluding carboxylic acids is 2. The number of halogens is 1. The first-order valence-electron chi connectivity index (χ1n) is 4.45. The van der Waals surface area contributed by atoms with Gasteiger partial charge in [0.25, 0.3) is 0 Å². The van der Waals surface area contributed by atoms with Crippen LogP contribution < -0.4 is 0 Å². The van der Waals surface area contributed by atoms with Gasteiger partial charge >= 0.3 is 5.97 Å². The summed E-state index contributed by atoms with van der Waals surface area (Å²) in [7, 11) is 1.26. The van der Waals surface area contributed by atoms with E-state index in [1.54, 1.807) is 18.2 Å². The highest BCUT2D eigenvalue weighted by Crippen LogP contribution is 2.14. The Labute approximate surface area is 93.0 Å². The van der Waals surface area contributed by atoms with Gasteiger partial charge < -0.3 is 9.53 Å². The monoisotopic (exact) mass is 226 g/mol. The normalized spacial score (nSPS) is 11.9. The van der Waals surface area contributed by atoms with Gasteiger partial charge in [-0.3, -0.25) is 4.79 Å². The van der Waals surface area contributed by atoms with Gasteiger partial charge in [0.15, 0.2) is 0 Å². The molecule has 0 spiro atoms. The van der Waals surface area contributed by atoms with Gasteiger partial charge in [-0.05, 0) is 24.1 Å². The largest absolute Gasteiger partial charge is 0.468 e. The first-order chi connectivity index (χ1) is 7.17. The van der Waals surface area contributed by atoms with Crippen LogP contribution in [0.3, 0.4) is 0 Å². The molecule has 1 atom stereocenters. The maximum Gasteiger partial charge on any atom is 0.316 e. The number of hydrogen-bond donors (Lipinski definition) is 0. The number of aldehydes is 1. The summed E-state index contributed by atoms with van der Waals surface area (Å²) in [5.41, 5.74) is 0.838. The summed E-state index contributed by atoms with van der Waals surface area (Å²) in [4.78, 5) is 21.8. The number of esters is 1. The fourth-order valence-corrected chi connectivity index (χ4v) is 1.47. The molecular weight excluding hydrogens is 216 g/mol. The van der Waals surface area contributed by atoms with Crippen molar-refractivity contribution in [2.75, 3.05) is 7.11 Å². The molecule has 0 saturated heterocycles. The number of rotatable bonds is 4. The van der Waals surface area contributed by atoms with Crippen molar-refractivity contribution in [3.05, 3.63) is 34.9 Å². The SMILES string of the molecule is COC(=O)[C@H](C=O)Cc1cccc(Cl)c1. The van der Waals surface area contributed by atoms with Crippen LogP contribution in [0.5, 0.6) is 0 Å². The minimum absolute atomic E-state index is 0.316. The number of carbonyl (C=O) groups is 2. The molecule has 1 rings (SSSR count). The van der Waals surface area contributed by atoms with Crippen LogP contribution in [0.4, 0.5) is 0 Å². The van der Waals surface area contributed by atoms with E-state index in [9.17, 15) is 9.59 Å². The molecule has 4 heteroatoms. The van der Waals surface area contributed by atoms with Crippen molar-refractivity contribution in [2.24, 2.45) is 5.92 Å². The molecule has 1 aromatic rings. The van der Waals surface area contributed by atoms with Crippen LogP contribution >= 0.6 is 11.6 Å². The Kier molecular flexibility index (Phi) is 4.31. The molecule has 0 saturated carbocycles. The Hall–Kier alpha value is -1.35. The Bertz CT molecular complexity index is 363. The Morgan fingerprint density at radius 3 is 2.87 bits per heavy atom. The molecule has 0 bridgehead atoms. The third kappa shape index (κ3) is 3.36. The zero-order chi connectivity index (χ0) is 11.3. The second-order valence-electron chi connectivity index (χ2n) is 3.10. The van der Waals surface area contributed by atoms with Gasteiger partial charge in [0, 0.05) is 5.02 Å². The van der Waals surface area contributed by atoms with E-state index < -0.39 is 11.9 Å². The quantitative estimate of drug-likeness (QED) is 0.447. The lowest BCUT2D eigenvalue weighted by atomic mass is 10.0.